The van der Waals surface area contributed by atoms with Gasteiger partial charge in [0.15, 0.2) is 0 Å². The molecule has 1 N–H and O–H groups in total. The first-order chi connectivity index (χ1) is 10.2. The first-order valence-electron chi connectivity index (χ1n) is 7.72. The maximum atomic E-state index is 5.39. The highest BCUT2D eigenvalue weighted by Crippen LogP contribution is 2.19. The lowest BCUT2D eigenvalue weighted by atomic mass is 10.2. The predicted molar refractivity (Wildman–Crippen MR) is 85.2 cm³/mol. The third kappa shape index (κ3) is 3.72. The van der Waals surface area contributed by atoms with Crippen molar-refractivity contribution in [1.82, 2.24) is 15.0 Å². The summed E-state index contributed by atoms with van der Waals surface area (Å²) in [6, 6.07) is 0.402. The normalized spacial score (nSPS) is 16.7. The molecule has 1 aromatic rings. The van der Waals surface area contributed by atoms with E-state index in [0.717, 1.165) is 51.2 Å². The smallest absolute Gasteiger partial charge is 0.232 e. The van der Waals surface area contributed by atoms with Crippen LogP contribution >= 0.6 is 0 Å². The Morgan fingerprint density at radius 3 is 2.52 bits per heavy atom. The summed E-state index contributed by atoms with van der Waals surface area (Å²) in [6.45, 7) is 10.5. The molecule has 0 radical (unpaired) electrons. The second kappa shape index (κ2) is 7.40. The molecule has 0 bridgehead atoms. The van der Waals surface area contributed by atoms with Crippen LogP contribution in [0.5, 0.6) is 0 Å². The van der Waals surface area contributed by atoms with Crippen molar-refractivity contribution in [3.8, 4) is 0 Å². The van der Waals surface area contributed by atoms with Gasteiger partial charge in [-0.3, -0.25) is 0 Å². The Labute approximate surface area is 126 Å². The minimum atomic E-state index is 0.402. The fraction of sp³-hybridized carbons (Fsp3) is 0.786. The average molecular weight is 294 g/mol. The van der Waals surface area contributed by atoms with E-state index in [1.165, 1.54) is 0 Å². The van der Waals surface area contributed by atoms with E-state index < -0.39 is 0 Å². The molecule has 7 heteroatoms. The number of ether oxygens (including phenoxy) is 1. The standard InChI is InChI=1S/C14H26N6O/c1-5-11(3)20(6-2)14-17-12(15-4)16-13(18-14)19-7-9-21-10-8-19/h11H,5-10H2,1-4H3,(H,15,16,17,18). The molecule has 1 unspecified atom stereocenters. The molecule has 0 spiro atoms. The Hall–Kier alpha value is -1.63. The minimum Gasteiger partial charge on any atom is -0.378 e. The van der Waals surface area contributed by atoms with Crippen LogP contribution in [-0.2, 0) is 4.74 Å². The first kappa shape index (κ1) is 15.8. The summed E-state index contributed by atoms with van der Waals surface area (Å²) in [5.41, 5.74) is 0. The number of hydrogen-bond acceptors (Lipinski definition) is 7. The van der Waals surface area contributed by atoms with E-state index in [4.69, 9.17) is 4.74 Å². The topological polar surface area (TPSA) is 66.4 Å². The van der Waals surface area contributed by atoms with Crippen molar-refractivity contribution in [3.63, 3.8) is 0 Å². The van der Waals surface area contributed by atoms with Gasteiger partial charge < -0.3 is 19.9 Å². The molecule has 21 heavy (non-hydrogen) atoms. The van der Waals surface area contributed by atoms with Crippen molar-refractivity contribution < 1.29 is 4.74 Å². The molecule has 118 valence electrons. The fourth-order valence-corrected chi connectivity index (χ4v) is 2.37. The van der Waals surface area contributed by atoms with Gasteiger partial charge in [0.05, 0.1) is 13.2 Å². The molecule has 2 heterocycles. The molecule has 7 nitrogen and oxygen atoms in total. The van der Waals surface area contributed by atoms with Crippen molar-refractivity contribution >= 4 is 17.8 Å². The highest BCUT2D eigenvalue weighted by Gasteiger charge is 2.20. The van der Waals surface area contributed by atoms with E-state index in [2.05, 4.69) is 50.8 Å². The zero-order chi connectivity index (χ0) is 15.2. The van der Waals surface area contributed by atoms with Crippen molar-refractivity contribution in [1.29, 1.82) is 0 Å². The van der Waals surface area contributed by atoms with Gasteiger partial charge in [0.2, 0.25) is 17.8 Å². The number of aromatic nitrogens is 3. The van der Waals surface area contributed by atoms with Crippen LogP contribution in [0, 0.1) is 0 Å². The summed E-state index contributed by atoms with van der Waals surface area (Å²) >= 11 is 0. The molecular weight excluding hydrogens is 268 g/mol. The lowest BCUT2D eigenvalue weighted by Gasteiger charge is -2.30. The quantitative estimate of drug-likeness (QED) is 0.850. The van der Waals surface area contributed by atoms with Crippen molar-refractivity contribution in [2.45, 2.75) is 33.2 Å². The van der Waals surface area contributed by atoms with Crippen LogP contribution in [-0.4, -0.2) is 60.9 Å². The van der Waals surface area contributed by atoms with Crippen molar-refractivity contribution in [3.05, 3.63) is 0 Å². The van der Waals surface area contributed by atoms with Crippen LogP contribution in [0.2, 0.25) is 0 Å². The van der Waals surface area contributed by atoms with E-state index in [-0.39, 0.29) is 0 Å². The maximum absolute atomic E-state index is 5.39. The first-order valence-corrected chi connectivity index (χ1v) is 7.72. The van der Waals surface area contributed by atoms with Crippen LogP contribution in [0.15, 0.2) is 0 Å². The van der Waals surface area contributed by atoms with E-state index in [9.17, 15) is 0 Å². The van der Waals surface area contributed by atoms with Gasteiger partial charge in [-0.2, -0.15) is 15.0 Å². The number of nitrogens with zero attached hydrogens (tertiary/aromatic N) is 5. The Morgan fingerprint density at radius 2 is 1.95 bits per heavy atom. The zero-order valence-corrected chi connectivity index (χ0v) is 13.5. The highest BCUT2D eigenvalue weighted by molar-refractivity contribution is 5.45. The van der Waals surface area contributed by atoms with Crippen molar-refractivity contribution in [2.75, 3.05) is 55.0 Å². The van der Waals surface area contributed by atoms with Crippen LogP contribution < -0.4 is 15.1 Å². The Bertz CT molecular complexity index is 449. The number of anilines is 3. The third-order valence-corrected chi connectivity index (χ3v) is 3.85. The largest absolute Gasteiger partial charge is 0.378 e. The van der Waals surface area contributed by atoms with E-state index in [1.807, 2.05) is 7.05 Å². The van der Waals surface area contributed by atoms with Gasteiger partial charge in [-0.15, -0.1) is 0 Å². The van der Waals surface area contributed by atoms with Gasteiger partial charge in [-0.25, -0.2) is 0 Å². The third-order valence-electron chi connectivity index (χ3n) is 3.85. The molecular formula is C14H26N6O. The number of morpholine rings is 1. The summed E-state index contributed by atoms with van der Waals surface area (Å²) in [5.74, 6) is 2.09. The number of hydrogen-bond donors (Lipinski definition) is 1. The lowest BCUT2D eigenvalue weighted by molar-refractivity contribution is 0.122. The van der Waals surface area contributed by atoms with Crippen LogP contribution in [0.3, 0.4) is 0 Å². The summed E-state index contributed by atoms with van der Waals surface area (Å²) in [7, 11) is 1.84. The molecule has 1 aliphatic heterocycles. The van der Waals surface area contributed by atoms with Gasteiger partial charge in [-0.05, 0) is 20.3 Å². The molecule has 2 rings (SSSR count). The summed E-state index contributed by atoms with van der Waals surface area (Å²) in [5, 5.41) is 3.04. The number of rotatable bonds is 6. The van der Waals surface area contributed by atoms with E-state index in [0.29, 0.717) is 12.0 Å². The molecule has 0 amide bonds. The molecule has 0 aliphatic carbocycles. The zero-order valence-electron chi connectivity index (χ0n) is 13.5. The Morgan fingerprint density at radius 1 is 1.24 bits per heavy atom. The Kier molecular flexibility index (Phi) is 5.55. The monoisotopic (exact) mass is 294 g/mol. The minimum absolute atomic E-state index is 0.402. The van der Waals surface area contributed by atoms with Gasteiger partial charge >= 0.3 is 0 Å². The molecule has 0 aromatic carbocycles. The molecule has 1 fully saturated rings. The van der Waals surface area contributed by atoms with Crippen molar-refractivity contribution in [2.24, 2.45) is 0 Å². The molecule has 1 saturated heterocycles. The van der Waals surface area contributed by atoms with Crippen LogP contribution in [0.4, 0.5) is 17.8 Å². The number of nitrogens with one attached hydrogen (secondary N) is 1. The molecule has 1 aliphatic rings. The lowest BCUT2D eigenvalue weighted by Crippen LogP contribution is -2.39. The summed E-state index contributed by atoms with van der Waals surface area (Å²) in [4.78, 5) is 18.1. The molecule has 0 saturated carbocycles. The molecule has 1 atom stereocenters. The van der Waals surface area contributed by atoms with Gasteiger partial charge in [0.25, 0.3) is 0 Å². The highest BCUT2D eigenvalue weighted by atomic mass is 16.5. The second-order valence-electron chi connectivity index (χ2n) is 5.15. The SMILES string of the molecule is CCC(C)N(CC)c1nc(NC)nc(N2CCOCC2)n1. The van der Waals surface area contributed by atoms with Gasteiger partial charge in [-0.1, -0.05) is 6.92 Å². The van der Waals surface area contributed by atoms with E-state index in [1.54, 1.807) is 0 Å². The van der Waals surface area contributed by atoms with E-state index >= 15 is 0 Å². The summed E-state index contributed by atoms with van der Waals surface area (Å²) in [6.07, 6.45) is 1.06. The van der Waals surface area contributed by atoms with Crippen LogP contribution in [0.25, 0.3) is 0 Å². The second-order valence-corrected chi connectivity index (χ2v) is 5.15. The Balaban J connectivity index is 2.31. The average Bonchev–Trinajstić information content (AvgIpc) is 2.55. The van der Waals surface area contributed by atoms with Crippen LogP contribution in [0.1, 0.15) is 27.2 Å². The van der Waals surface area contributed by atoms with Gasteiger partial charge in [0.1, 0.15) is 0 Å². The van der Waals surface area contributed by atoms with Gasteiger partial charge in [0, 0.05) is 32.7 Å². The maximum Gasteiger partial charge on any atom is 0.232 e. The predicted octanol–water partition coefficient (Wildman–Crippen LogP) is 1.37. The summed E-state index contributed by atoms with van der Waals surface area (Å²) < 4.78 is 5.39. The fourth-order valence-electron chi connectivity index (χ4n) is 2.37. The molecule has 1 aromatic heterocycles.